The first-order chi connectivity index (χ1) is 8.66. The molecule has 0 aliphatic carbocycles. The lowest BCUT2D eigenvalue weighted by Crippen LogP contribution is -2.25. The van der Waals surface area contributed by atoms with Crippen LogP contribution in [0.1, 0.15) is 10.5 Å². The van der Waals surface area contributed by atoms with Crippen molar-refractivity contribution < 1.29 is 4.79 Å². The molecule has 0 unspecified atom stereocenters. The summed E-state index contributed by atoms with van der Waals surface area (Å²) < 4.78 is 1.64. The Hall–Kier alpha value is -2.07. The highest BCUT2D eigenvalue weighted by molar-refractivity contribution is 6.29. The summed E-state index contributed by atoms with van der Waals surface area (Å²) in [5.74, 6) is -0.272. The first-order valence-corrected chi connectivity index (χ1v) is 5.77. The van der Waals surface area contributed by atoms with Crippen LogP contribution in [0.15, 0.2) is 54.2 Å². The second-order valence-corrected chi connectivity index (χ2v) is 4.22. The molecule has 0 fully saturated rings. The highest BCUT2D eigenvalue weighted by Gasteiger charge is 2.09. The SMILES string of the molecule is C=C(Cl)CNC(=O)c1ccn(-c2ccccc2)n1. The van der Waals surface area contributed by atoms with Gasteiger partial charge in [0.15, 0.2) is 5.69 Å². The number of hydrogen-bond acceptors (Lipinski definition) is 2. The molecule has 0 aliphatic heterocycles. The first-order valence-electron chi connectivity index (χ1n) is 5.39. The fourth-order valence-electron chi connectivity index (χ4n) is 1.44. The van der Waals surface area contributed by atoms with Crippen molar-refractivity contribution >= 4 is 17.5 Å². The number of aromatic nitrogens is 2. The molecule has 2 aromatic rings. The Balaban J connectivity index is 2.11. The number of amides is 1. The number of carbonyl (C=O) groups excluding carboxylic acids is 1. The number of para-hydroxylation sites is 1. The molecule has 0 atom stereocenters. The molecule has 18 heavy (non-hydrogen) atoms. The number of carbonyl (C=O) groups is 1. The summed E-state index contributed by atoms with van der Waals surface area (Å²) in [5.41, 5.74) is 1.25. The summed E-state index contributed by atoms with van der Waals surface area (Å²) >= 11 is 5.58. The van der Waals surface area contributed by atoms with Crippen LogP contribution in [-0.4, -0.2) is 22.2 Å². The highest BCUT2D eigenvalue weighted by atomic mass is 35.5. The summed E-state index contributed by atoms with van der Waals surface area (Å²) in [6, 6.07) is 11.2. The van der Waals surface area contributed by atoms with Crippen LogP contribution < -0.4 is 5.32 Å². The monoisotopic (exact) mass is 261 g/mol. The number of nitrogens with one attached hydrogen (secondary N) is 1. The van der Waals surface area contributed by atoms with Crippen molar-refractivity contribution in [2.45, 2.75) is 0 Å². The van der Waals surface area contributed by atoms with E-state index in [1.807, 2.05) is 30.3 Å². The molecule has 92 valence electrons. The Morgan fingerprint density at radius 2 is 2.06 bits per heavy atom. The maximum Gasteiger partial charge on any atom is 0.272 e. The lowest BCUT2D eigenvalue weighted by atomic mass is 10.3. The van der Waals surface area contributed by atoms with Crippen LogP contribution >= 0.6 is 11.6 Å². The second-order valence-electron chi connectivity index (χ2n) is 3.68. The molecule has 1 amide bonds. The van der Waals surface area contributed by atoms with Gasteiger partial charge in [0.05, 0.1) is 12.2 Å². The smallest absolute Gasteiger partial charge is 0.272 e. The molecule has 0 saturated heterocycles. The normalized spacial score (nSPS) is 10.1. The lowest BCUT2D eigenvalue weighted by molar-refractivity contribution is 0.0952. The molecule has 1 N–H and O–H groups in total. The van der Waals surface area contributed by atoms with E-state index in [2.05, 4.69) is 17.0 Å². The average Bonchev–Trinajstić information content (AvgIpc) is 2.86. The summed E-state index contributed by atoms with van der Waals surface area (Å²) in [4.78, 5) is 11.7. The summed E-state index contributed by atoms with van der Waals surface area (Å²) in [6.07, 6.45) is 1.74. The minimum atomic E-state index is -0.272. The Bertz CT molecular complexity index is 563. The third-order valence-electron chi connectivity index (χ3n) is 2.28. The van der Waals surface area contributed by atoms with Gasteiger partial charge in [0, 0.05) is 11.2 Å². The Morgan fingerprint density at radius 1 is 1.33 bits per heavy atom. The number of hydrogen-bond donors (Lipinski definition) is 1. The standard InChI is InChI=1S/C13H12ClN3O/c1-10(14)9-15-13(18)12-7-8-17(16-12)11-5-3-2-4-6-11/h2-8H,1,9H2,(H,15,18). The van der Waals surface area contributed by atoms with Gasteiger partial charge in [-0.25, -0.2) is 4.68 Å². The number of halogens is 1. The molecular weight excluding hydrogens is 250 g/mol. The van der Waals surface area contributed by atoms with Gasteiger partial charge in [-0.1, -0.05) is 36.4 Å². The maximum atomic E-state index is 11.7. The van der Waals surface area contributed by atoms with E-state index in [0.717, 1.165) is 5.69 Å². The molecule has 0 saturated carbocycles. The van der Waals surface area contributed by atoms with Crippen molar-refractivity contribution in [3.63, 3.8) is 0 Å². The summed E-state index contributed by atoms with van der Waals surface area (Å²) in [7, 11) is 0. The molecule has 0 aliphatic rings. The van der Waals surface area contributed by atoms with E-state index in [-0.39, 0.29) is 12.5 Å². The Kier molecular flexibility index (Phi) is 3.79. The molecule has 4 nitrogen and oxygen atoms in total. The number of rotatable bonds is 4. The Labute approximate surface area is 110 Å². The van der Waals surface area contributed by atoms with E-state index in [0.29, 0.717) is 10.7 Å². The van der Waals surface area contributed by atoms with Gasteiger partial charge in [0.25, 0.3) is 5.91 Å². The van der Waals surface area contributed by atoms with E-state index in [4.69, 9.17) is 11.6 Å². The van der Waals surface area contributed by atoms with Crippen LogP contribution in [0, 0.1) is 0 Å². The second kappa shape index (κ2) is 5.51. The predicted octanol–water partition coefficient (Wildman–Crippen LogP) is 2.35. The number of nitrogens with zero attached hydrogens (tertiary/aromatic N) is 2. The van der Waals surface area contributed by atoms with E-state index in [1.54, 1.807) is 16.9 Å². The molecule has 1 aromatic heterocycles. The quantitative estimate of drug-likeness (QED) is 0.918. The molecule has 0 radical (unpaired) electrons. The predicted molar refractivity (Wildman–Crippen MR) is 70.9 cm³/mol. The average molecular weight is 262 g/mol. The van der Waals surface area contributed by atoms with Crippen LogP contribution in [0.3, 0.4) is 0 Å². The van der Waals surface area contributed by atoms with Gasteiger partial charge in [-0.3, -0.25) is 4.79 Å². The minimum Gasteiger partial charge on any atom is -0.346 e. The van der Waals surface area contributed by atoms with Crippen LogP contribution in [0.5, 0.6) is 0 Å². The van der Waals surface area contributed by atoms with Crippen LogP contribution in [-0.2, 0) is 0 Å². The first kappa shape index (κ1) is 12.4. The Morgan fingerprint density at radius 3 is 2.72 bits per heavy atom. The van der Waals surface area contributed by atoms with Gasteiger partial charge in [-0.05, 0) is 18.2 Å². The van der Waals surface area contributed by atoms with Crippen LogP contribution in [0.4, 0.5) is 0 Å². The molecule has 1 aromatic carbocycles. The van der Waals surface area contributed by atoms with Gasteiger partial charge in [-0.15, -0.1) is 0 Å². The molecule has 5 heteroatoms. The molecule has 1 heterocycles. The van der Waals surface area contributed by atoms with Crippen molar-refractivity contribution in [3.05, 3.63) is 59.9 Å². The molecule has 2 rings (SSSR count). The van der Waals surface area contributed by atoms with Crippen molar-refractivity contribution in [1.29, 1.82) is 0 Å². The van der Waals surface area contributed by atoms with Gasteiger partial charge in [0.1, 0.15) is 0 Å². The minimum absolute atomic E-state index is 0.235. The van der Waals surface area contributed by atoms with Crippen molar-refractivity contribution in [2.24, 2.45) is 0 Å². The van der Waals surface area contributed by atoms with E-state index in [1.165, 1.54) is 0 Å². The third-order valence-corrected chi connectivity index (χ3v) is 2.42. The third kappa shape index (κ3) is 2.99. The van der Waals surface area contributed by atoms with Crippen LogP contribution in [0.2, 0.25) is 0 Å². The van der Waals surface area contributed by atoms with Gasteiger partial charge in [-0.2, -0.15) is 5.10 Å². The maximum absolute atomic E-state index is 11.7. The van der Waals surface area contributed by atoms with Gasteiger partial charge >= 0.3 is 0 Å². The zero-order valence-electron chi connectivity index (χ0n) is 9.64. The zero-order chi connectivity index (χ0) is 13.0. The van der Waals surface area contributed by atoms with Crippen molar-refractivity contribution in [1.82, 2.24) is 15.1 Å². The fraction of sp³-hybridized carbons (Fsp3) is 0.0769. The van der Waals surface area contributed by atoms with Crippen molar-refractivity contribution in [3.8, 4) is 5.69 Å². The zero-order valence-corrected chi connectivity index (χ0v) is 10.4. The lowest BCUT2D eigenvalue weighted by Gasteiger charge is -2.01. The van der Waals surface area contributed by atoms with Gasteiger partial charge < -0.3 is 5.32 Å². The topological polar surface area (TPSA) is 46.9 Å². The van der Waals surface area contributed by atoms with Crippen LogP contribution in [0.25, 0.3) is 5.69 Å². The van der Waals surface area contributed by atoms with E-state index in [9.17, 15) is 4.79 Å². The summed E-state index contributed by atoms with van der Waals surface area (Å²) in [6.45, 7) is 3.73. The molecule has 0 bridgehead atoms. The van der Waals surface area contributed by atoms with Gasteiger partial charge in [0.2, 0.25) is 0 Å². The number of benzene rings is 1. The highest BCUT2D eigenvalue weighted by Crippen LogP contribution is 2.06. The molecule has 0 spiro atoms. The van der Waals surface area contributed by atoms with E-state index >= 15 is 0 Å². The van der Waals surface area contributed by atoms with E-state index < -0.39 is 0 Å². The summed E-state index contributed by atoms with van der Waals surface area (Å²) in [5, 5.41) is 7.19. The molecular formula is C13H12ClN3O. The van der Waals surface area contributed by atoms with Crippen molar-refractivity contribution in [2.75, 3.05) is 6.54 Å². The largest absolute Gasteiger partial charge is 0.346 e. The fourth-order valence-corrected chi connectivity index (χ4v) is 1.50.